The van der Waals surface area contributed by atoms with Gasteiger partial charge in [-0.2, -0.15) is 5.10 Å². The molecule has 0 saturated carbocycles. The van der Waals surface area contributed by atoms with E-state index in [0.717, 1.165) is 12.8 Å². The summed E-state index contributed by atoms with van der Waals surface area (Å²) in [6.07, 6.45) is 8.32. The zero-order valence-electron chi connectivity index (χ0n) is 9.47. The summed E-state index contributed by atoms with van der Waals surface area (Å²) < 4.78 is 1.63. The number of fused-ring (bicyclic) bond motifs is 1. The van der Waals surface area contributed by atoms with E-state index in [1.165, 1.54) is 0 Å². The summed E-state index contributed by atoms with van der Waals surface area (Å²) in [7, 11) is 0. The molecule has 1 amide bonds. The number of nitrogens with one attached hydrogen (secondary N) is 1. The van der Waals surface area contributed by atoms with Gasteiger partial charge in [0.1, 0.15) is 0 Å². The van der Waals surface area contributed by atoms with Crippen molar-refractivity contribution in [3.8, 4) is 0 Å². The van der Waals surface area contributed by atoms with Crippen LogP contribution < -0.4 is 11.1 Å². The molecule has 0 saturated heterocycles. The second kappa shape index (κ2) is 5.40. The summed E-state index contributed by atoms with van der Waals surface area (Å²) in [6.45, 7) is 1.28. The monoisotopic (exact) mass is 233 g/mol. The van der Waals surface area contributed by atoms with Crippen LogP contribution in [0.3, 0.4) is 0 Å². The molecule has 0 aromatic carbocycles. The maximum atomic E-state index is 11.9. The van der Waals surface area contributed by atoms with Crippen LogP contribution in [0, 0.1) is 0 Å². The van der Waals surface area contributed by atoms with Crippen molar-refractivity contribution in [2.45, 2.75) is 12.8 Å². The lowest BCUT2D eigenvalue weighted by molar-refractivity contribution is 0.0954. The average molecular weight is 233 g/mol. The molecule has 0 unspecified atom stereocenters. The van der Waals surface area contributed by atoms with Gasteiger partial charge >= 0.3 is 0 Å². The predicted octanol–water partition coefficient (Wildman–Crippen LogP) is 0.198. The van der Waals surface area contributed by atoms with Crippen molar-refractivity contribution in [3.05, 3.63) is 30.4 Å². The summed E-state index contributed by atoms with van der Waals surface area (Å²) in [5.41, 5.74) is 6.64. The average Bonchev–Trinajstić information content (AvgIpc) is 2.78. The van der Waals surface area contributed by atoms with Gasteiger partial charge < -0.3 is 11.1 Å². The molecular formula is C11H15N5O. The van der Waals surface area contributed by atoms with Crippen LogP contribution in [0.5, 0.6) is 0 Å². The molecule has 0 fully saturated rings. The van der Waals surface area contributed by atoms with E-state index in [4.69, 9.17) is 5.73 Å². The summed E-state index contributed by atoms with van der Waals surface area (Å²) in [5.74, 6) is -0.120. The normalized spacial score (nSPS) is 10.6. The van der Waals surface area contributed by atoms with Gasteiger partial charge in [0.2, 0.25) is 0 Å². The molecule has 2 aromatic rings. The number of amides is 1. The highest BCUT2D eigenvalue weighted by molar-refractivity contribution is 6.00. The first-order valence-electron chi connectivity index (χ1n) is 5.58. The fourth-order valence-electron chi connectivity index (χ4n) is 1.58. The Labute approximate surface area is 98.8 Å². The lowest BCUT2D eigenvalue weighted by Crippen LogP contribution is -2.24. The van der Waals surface area contributed by atoms with Gasteiger partial charge in [-0.3, -0.25) is 9.78 Å². The van der Waals surface area contributed by atoms with E-state index >= 15 is 0 Å². The van der Waals surface area contributed by atoms with Crippen LogP contribution in [-0.2, 0) is 0 Å². The Balaban J connectivity index is 2.04. The topological polar surface area (TPSA) is 85.3 Å². The highest BCUT2D eigenvalue weighted by atomic mass is 16.1. The quantitative estimate of drug-likeness (QED) is 0.722. The first kappa shape index (κ1) is 11.5. The second-order valence-corrected chi connectivity index (χ2v) is 3.72. The third kappa shape index (κ3) is 2.59. The van der Waals surface area contributed by atoms with Crippen LogP contribution in [0.1, 0.15) is 23.2 Å². The molecule has 0 atom stereocenters. The highest BCUT2D eigenvalue weighted by Gasteiger charge is 2.11. The van der Waals surface area contributed by atoms with Crippen LogP contribution in [0.4, 0.5) is 0 Å². The Morgan fingerprint density at radius 2 is 2.29 bits per heavy atom. The number of hydrogen-bond acceptors (Lipinski definition) is 4. The zero-order chi connectivity index (χ0) is 12.1. The predicted molar refractivity (Wildman–Crippen MR) is 63.6 cm³/mol. The first-order chi connectivity index (χ1) is 8.33. The molecule has 6 heteroatoms. The van der Waals surface area contributed by atoms with E-state index in [9.17, 15) is 4.79 Å². The fourth-order valence-corrected chi connectivity index (χ4v) is 1.58. The first-order valence-corrected chi connectivity index (χ1v) is 5.58. The number of rotatable bonds is 5. The smallest absolute Gasteiger partial charge is 0.255 e. The minimum Gasteiger partial charge on any atom is -0.352 e. The summed E-state index contributed by atoms with van der Waals surface area (Å²) in [6, 6.07) is 0. The van der Waals surface area contributed by atoms with Gasteiger partial charge in [0.05, 0.1) is 23.5 Å². The van der Waals surface area contributed by atoms with Crippen molar-refractivity contribution in [1.29, 1.82) is 0 Å². The van der Waals surface area contributed by atoms with Gasteiger partial charge in [-0.1, -0.05) is 0 Å². The largest absolute Gasteiger partial charge is 0.352 e. The Morgan fingerprint density at radius 1 is 1.41 bits per heavy atom. The van der Waals surface area contributed by atoms with Crippen LogP contribution in [0.2, 0.25) is 0 Å². The van der Waals surface area contributed by atoms with Crippen LogP contribution in [0.15, 0.2) is 24.8 Å². The van der Waals surface area contributed by atoms with Crippen molar-refractivity contribution in [2.24, 2.45) is 5.73 Å². The SMILES string of the molecule is NCCCCNC(=O)c1cnn2ccncc12. The van der Waals surface area contributed by atoms with E-state index < -0.39 is 0 Å². The van der Waals surface area contributed by atoms with Gasteiger partial charge in [-0.15, -0.1) is 0 Å². The number of carbonyl (C=O) groups excluding carboxylic acids is 1. The summed E-state index contributed by atoms with van der Waals surface area (Å²) in [4.78, 5) is 15.8. The molecule has 2 aromatic heterocycles. The molecule has 0 aliphatic rings. The molecular weight excluding hydrogens is 218 g/mol. The number of hydrogen-bond donors (Lipinski definition) is 2. The lowest BCUT2D eigenvalue weighted by atomic mass is 10.2. The summed E-state index contributed by atoms with van der Waals surface area (Å²) in [5, 5.41) is 6.92. The molecule has 90 valence electrons. The van der Waals surface area contributed by atoms with Crippen molar-refractivity contribution >= 4 is 11.4 Å². The van der Waals surface area contributed by atoms with Gasteiger partial charge in [0.15, 0.2) is 0 Å². The van der Waals surface area contributed by atoms with Crippen LogP contribution in [0.25, 0.3) is 5.52 Å². The third-order valence-electron chi connectivity index (χ3n) is 2.49. The zero-order valence-corrected chi connectivity index (χ0v) is 9.47. The molecule has 0 aliphatic carbocycles. The Kier molecular flexibility index (Phi) is 3.66. The van der Waals surface area contributed by atoms with Gasteiger partial charge in [-0.25, -0.2) is 4.52 Å². The number of aromatic nitrogens is 3. The minimum atomic E-state index is -0.120. The van der Waals surface area contributed by atoms with E-state index in [0.29, 0.717) is 24.2 Å². The number of unbranched alkanes of at least 4 members (excludes halogenated alkanes) is 1. The Morgan fingerprint density at radius 3 is 3.12 bits per heavy atom. The van der Waals surface area contributed by atoms with E-state index in [2.05, 4.69) is 15.4 Å². The molecule has 3 N–H and O–H groups in total. The molecule has 6 nitrogen and oxygen atoms in total. The molecule has 2 heterocycles. The Hall–Kier alpha value is -1.95. The van der Waals surface area contributed by atoms with Crippen molar-refractivity contribution < 1.29 is 4.79 Å². The molecule has 2 rings (SSSR count). The molecule has 0 bridgehead atoms. The van der Waals surface area contributed by atoms with E-state index in [1.807, 2.05) is 0 Å². The third-order valence-corrected chi connectivity index (χ3v) is 2.49. The number of nitrogens with zero attached hydrogens (tertiary/aromatic N) is 3. The lowest BCUT2D eigenvalue weighted by Gasteiger charge is -2.02. The van der Waals surface area contributed by atoms with Gasteiger partial charge in [0, 0.05) is 18.9 Å². The van der Waals surface area contributed by atoms with Gasteiger partial charge in [0.25, 0.3) is 5.91 Å². The number of nitrogens with two attached hydrogens (primary N) is 1. The van der Waals surface area contributed by atoms with Crippen LogP contribution >= 0.6 is 0 Å². The van der Waals surface area contributed by atoms with Gasteiger partial charge in [-0.05, 0) is 19.4 Å². The summed E-state index contributed by atoms with van der Waals surface area (Å²) >= 11 is 0. The minimum absolute atomic E-state index is 0.120. The maximum Gasteiger partial charge on any atom is 0.255 e. The Bertz CT molecular complexity index is 507. The molecule has 17 heavy (non-hydrogen) atoms. The number of carbonyl (C=O) groups is 1. The van der Waals surface area contributed by atoms with Crippen molar-refractivity contribution in [1.82, 2.24) is 19.9 Å². The fraction of sp³-hybridized carbons (Fsp3) is 0.364. The van der Waals surface area contributed by atoms with Crippen molar-refractivity contribution in [2.75, 3.05) is 13.1 Å². The molecule has 0 radical (unpaired) electrons. The van der Waals surface area contributed by atoms with E-state index in [-0.39, 0.29) is 5.91 Å². The maximum absolute atomic E-state index is 11.9. The highest BCUT2D eigenvalue weighted by Crippen LogP contribution is 2.07. The molecule has 0 aliphatic heterocycles. The van der Waals surface area contributed by atoms with Crippen molar-refractivity contribution in [3.63, 3.8) is 0 Å². The standard InChI is InChI=1S/C11H15N5O/c12-3-1-2-4-14-11(17)9-7-15-16-6-5-13-8-10(9)16/h5-8H,1-4,12H2,(H,14,17). The van der Waals surface area contributed by atoms with Crippen LogP contribution in [-0.4, -0.2) is 33.6 Å². The second-order valence-electron chi connectivity index (χ2n) is 3.72. The molecule has 0 spiro atoms. The van der Waals surface area contributed by atoms with E-state index in [1.54, 1.807) is 29.3 Å².